The lowest BCUT2D eigenvalue weighted by atomic mass is 9.99. The molecule has 0 spiro atoms. The standard InChI is InChI=1S/C34H32N2O6/c1-41-33(39)30(22-25-17-19-28(20-18-25)31(37)27-15-9-4-10-16-27)35-32(38)29(21-24-11-5-2-6-12-24)36-34(40)42-23-26-13-7-3-8-14-26/h2-20,29-30H,21-23H2,1H3,(H,35,38)(H,36,40)/t29-,30+/m0/s1. The fraction of sp³-hybridized carbons (Fsp3) is 0.176. The van der Waals surface area contributed by atoms with Crippen molar-refractivity contribution in [3.8, 4) is 0 Å². The Bertz CT molecular complexity index is 1480. The molecule has 0 aromatic heterocycles. The molecule has 8 heteroatoms. The summed E-state index contributed by atoms with van der Waals surface area (Å²) in [6, 6.07) is 32.1. The molecule has 2 N–H and O–H groups in total. The van der Waals surface area contributed by atoms with Crippen LogP contribution in [0.15, 0.2) is 115 Å². The third kappa shape index (κ3) is 8.63. The van der Waals surface area contributed by atoms with E-state index in [1.165, 1.54) is 7.11 Å². The van der Waals surface area contributed by atoms with Crippen molar-refractivity contribution in [2.45, 2.75) is 31.5 Å². The molecule has 0 radical (unpaired) electrons. The number of amides is 2. The molecule has 4 aromatic rings. The number of ether oxygens (including phenoxy) is 2. The maximum absolute atomic E-state index is 13.4. The predicted molar refractivity (Wildman–Crippen MR) is 158 cm³/mol. The number of nitrogens with one attached hydrogen (secondary N) is 2. The van der Waals surface area contributed by atoms with Crippen LogP contribution in [0.5, 0.6) is 0 Å². The molecular formula is C34H32N2O6. The summed E-state index contributed by atoms with van der Waals surface area (Å²) >= 11 is 0. The lowest BCUT2D eigenvalue weighted by Crippen LogP contribution is -2.53. The van der Waals surface area contributed by atoms with Gasteiger partial charge >= 0.3 is 12.1 Å². The van der Waals surface area contributed by atoms with Crippen molar-refractivity contribution in [3.63, 3.8) is 0 Å². The van der Waals surface area contributed by atoms with Gasteiger partial charge in [-0.05, 0) is 16.7 Å². The van der Waals surface area contributed by atoms with Crippen molar-refractivity contribution in [3.05, 3.63) is 143 Å². The summed E-state index contributed by atoms with van der Waals surface area (Å²) < 4.78 is 10.3. The number of alkyl carbamates (subject to hydrolysis) is 1. The number of hydrogen-bond acceptors (Lipinski definition) is 6. The third-order valence-corrected chi connectivity index (χ3v) is 6.60. The van der Waals surface area contributed by atoms with Crippen molar-refractivity contribution in [1.82, 2.24) is 10.6 Å². The molecule has 0 saturated carbocycles. The molecule has 2 amide bonds. The Labute approximate surface area is 244 Å². The fourth-order valence-corrected chi connectivity index (χ4v) is 4.36. The van der Waals surface area contributed by atoms with Crippen LogP contribution < -0.4 is 10.6 Å². The first-order valence-electron chi connectivity index (χ1n) is 13.5. The minimum atomic E-state index is -1.03. The minimum Gasteiger partial charge on any atom is -0.467 e. The number of rotatable bonds is 12. The Balaban J connectivity index is 1.44. The molecule has 4 aromatic carbocycles. The smallest absolute Gasteiger partial charge is 0.408 e. The molecule has 0 aliphatic carbocycles. The van der Waals surface area contributed by atoms with E-state index in [-0.39, 0.29) is 25.2 Å². The summed E-state index contributed by atoms with van der Waals surface area (Å²) in [6.07, 6.45) is -0.463. The summed E-state index contributed by atoms with van der Waals surface area (Å²) in [7, 11) is 1.24. The first-order valence-corrected chi connectivity index (χ1v) is 13.5. The van der Waals surface area contributed by atoms with Crippen LogP contribution in [0, 0.1) is 0 Å². The lowest BCUT2D eigenvalue weighted by molar-refractivity contribution is -0.145. The summed E-state index contributed by atoms with van der Waals surface area (Å²) in [5, 5.41) is 5.36. The molecular weight excluding hydrogens is 532 g/mol. The Morgan fingerprint density at radius 2 is 1.10 bits per heavy atom. The maximum atomic E-state index is 13.4. The van der Waals surface area contributed by atoms with Crippen LogP contribution in [-0.4, -0.2) is 42.9 Å². The fourth-order valence-electron chi connectivity index (χ4n) is 4.36. The summed E-state index contributed by atoms with van der Waals surface area (Å²) in [4.78, 5) is 51.5. The van der Waals surface area contributed by atoms with Gasteiger partial charge in [0.05, 0.1) is 7.11 Å². The molecule has 0 heterocycles. The highest BCUT2D eigenvalue weighted by Gasteiger charge is 2.28. The van der Waals surface area contributed by atoms with Gasteiger partial charge in [0, 0.05) is 24.0 Å². The van der Waals surface area contributed by atoms with Crippen LogP contribution in [0.25, 0.3) is 0 Å². The van der Waals surface area contributed by atoms with E-state index in [4.69, 9.17) is 9.47 Å². The predicted octanol–water partition coefficient (Wildman–Crippen LogP) is 4.66. The normalized spacial score (nSPS) is 11.9. The molecule has 0 saturated heterocycles. The van der Waals surface area contributed by atoms with Crippen LogP contribution in [0.2, 0.25) is 0 Å². The van der Waals surface area contributed by atoms with Gasteiger partial charge in [-0.25, -0.2) is 9.59 Å². The average Bonchev–Trinajstić information content (AvgIpc) is 3.04. The van der Waals surface area contributed by atoms with Crippen LogP contribution in [0.1, 0.15) is 32.6 Å². The first-order chi connectivity index (χ1) is 20.4. The van der Waals surface area contributed by atoms with Crippen LogP contribution in [0.3, 0.4) is 0 Å². The number of carbonyl (C=O) groups is 4. The molecule has 0 aliphatic heterocycles. The van der Waals surface area contributed by atoms with Gasteiger partial charge in [0.15, 0.2) is 5.78 Å². The van der Waals surface area contributed by atoms with E-state index in [1.807, 2.05) is 66.7 Å². The van der Waals surface area contributed by atoms with E-state index in [0.717, 1.165) is 11.1 Å². The van der Waals surface area contributed by atoms with Crippen molar-refractivity contribution >= 4 is 23.8 Å². The number of hydrogen-bond donors (Lipinski definition) is 2. The van der Waals surface area contributed by atoms with Gasteiger partial charge in [-0.15, -0.1) is 0 Å². The number of benzene rings is 4. The Kier molecular flexibility index (Phi) is 10.6. The first kappa shape index (κ1) is 29.7. The van der Waals surface area contributed by atoms with Gasteiger partial charge < -0.3 is 20.1 Å². The van der Waals surface area contributed by atoms with Crippen molar-refractivity contribution in [1.29, 1.82) is 0 Å². The molecule has 214 valence electrons. The highest BCUT2D eigenvalue weighted by atomic mass is 16.5. The summed E-state index contributed by atoms with van der Waals surface area (Å²) in [5.74, 6) is -1.33. The van der Waals surface area contributed by atoms with Crippen molar-refractivity contribution in [2.75, 3.05) is 7.11 Å². The lowest BCUT2D eigenvalue weighted by Gasteiger charge is -2.22. The van der Waals surface area contributed by atoms with Crippen molar-refractivity contribution in [2.24, 2.45) is 0 Å². The Morgan fingerprint density at radius 3 is 1.69 bits per heavy atom. The van der Waals surface area contributed by atoms with E-state index in [2.05, 4.69) is 10.6 Å². The SMILES string of the molecule is COC(=O)[C@@H](Cc1ccc(C(=O)c2ccccc2)cc1)NC(=O)[C@H](Cc1ccccc1)NC(=O)OCc1ccccc1. The number of esters is 1. The third-order valence-electron chi connectivity index (χ3n) is 6.60. The van der Waals surface area contributed by atoms with E-state index >= 15 is 0 Å². The van der Waals surface area contributed by atoms with Gasteiger partial charge in [-0.1, -0.05) is 115 Å². The van der Waals surface area contributed by atoms with Gasteiger partial charge in [0.1, 0.15) is 18.7 Å². The second kappa shape index (κ2) is 14.9. The van der Waals surface area contributed by atoms with Crippen molar-refractivity contribution < 1.29 is 28.7 Å². The van der Waals surface area contributed by atoms with Crippen LogP contribution in [0.4, 0.5) is 4.79 Å². The van der Waals surface area contributed by atoms with Gasteiger partial charge in [-0.3, -0.25) is 9.59 Å². The molecule has 42 heavy (non-hydrogen) atoms. The maximum Gasteiger partial charge on any atom is 0.408 e. The second-order valence-corrected chi connectivity index (χ2v) is 9.63. The highest BCUT2D eigenvalue weighted by Crippen LogP contribution is 2.13. The largest absolute Gasteiger partial charge is 0.467 e. The van der Waals surface area contributed by atoms with Crippen LogP contribution >= 0.6 is 0 Å². The Morgan fingerprint density at radius 1 is 0.595 bits per heavy atom. The molecule has 2 atom stereocenters. The Hall–Kier alpha value is -5.24. The molecule has 0 bridgehead atoms. The van der Waals surface area contributed by atoms with Crippen LogP contribution in [-0.2, 0) is 38.5 Å². The number of methoxy groups -OCH3 is 1. The zero-order valence-electron chi connectivity index (χ0n) is 23.2. The molecule has 0 fully saturated rings. The quantitative estimate of drug-likeness (QED) is 0.191. The monoisotopic (exact) mass is 564 g/mol. The van der Waals surface area contributed by atoms with E-state index in [0.29, 0.717) is 16.7 Å². The zero-order chi connectivity index (χ0) is 29.7. The van der Waals surface area contributed by atoms with E-state index < -0.39 is 30.1 Å². The highest BCUT2D eigenvalue weighted by molar-refractivity contribution is 6.08. The minimum absolute atomic E-state index is 0.0416. The van der Waals surface area contributed by atoms with E-state index in [9.17, 15) is 19.2 Å². The molecule has 0 aliphatic rings. The van der Waals surface area contributed by atoms with E-state index in [1.54, 1.807) is 48.5 Å². The molecule has 8 nitrogen and oxygen atoms in total. The topological polar surface area (TPSA) is 111 Å². The average molecular weight is 565 g/mol. The van der Waals surface area contributed by atoms with Gasteiger partial charge in [0.2, 0.25) is 5.91 Å². The number of ketones is 1. The molecule has 4 rings (SSSR count). The number of carbonyl (C=O) groups excluding carboxylic acids is 4. The summed E-state index contributed by atoms with van der Waals surface area (Å²) in [5.41, 5.74) is 3.41. The summed E-state index contributed by atoms with van der Waals surface area (Å²) in [6.45, 7) is 0.0416. The van der Waals surface area contributed by atoms with Gasteiger partial charge in [0.25, 0.3) is 0 Å². The zero-order valence-corrected chi connectivity index (χ0v) is 23.2. The second-order valence-electron chi connectivity index (χ2n) is 9.63. The van der Waals surface area contributed by atoms with Gasteiger partial charge in [-0.2, -0.15) is 0 Å². The molecule has 0 unspecified atom stereocenters.